The summed E-state index contributed by atoms with van der Waals surface area (Å²) in [6.45, 7) is 1.12. The van der Waals surface area contributed by atoms with E-state index in [1.54, 1.807) is 24.3 Å². The number of carbonyl (C=O) groups excluding carboxylic acids is 2. The largest absolute Gasteiger partial charge is 0.489 e. The van der Waals surface area contributed by atoms with Gasteiger partial charge in [0, 0.05) is 22.8 Å². The first kappa shape index (κ1) is 23.1. The van der Waals surface area contributed by atoms with Crippen LogP contribution in [0.1, 0.15) is 33.2 Å². The number of hydrogen-bond acceptors (Lipinski definition) is 4. The SMILES string of the molecule is CC(C#N)(COc1cc(F)c(F)cc1Br)NC(=O)c1ccc(C(=O)c2ccccc2)cc1. The molecule has 0 aliphatic rings. The van der Waals surface area contributed by atoms with Crippen LogP contribution in [0.2, 0.25) is 0 Å². The van der Waals surface area contributed by atoms with Gasteiger partial charge < -0.3 is 10.1 Å². The van der Waals surface area contributed by atoms with E-state index in [9.17, 15) is 23.6 Å². The average molecular weight is 499 g/mol. The van der Waals surface area contributed by atoms with Crippen molar-refractivity contribution in [2.24, 2.45) is 0 Å². The number of ketones is 1. The van der Waals surface area contributed by atoms with Crippen molar-refractivity contribution >= 4 is 27.6 Å². The quantitative estimate of drug-likeness (QED) is 0.365. The lowest BCUT2D eigenvalue weighted by Gasteiger charge is -2.24. The number of carbonyl (C=O) groups is 2. The van der Waals surface area contributed by atoms with E-state index in [1.807, 2.05) is 12.1 Å². The molecular formula is C24H17BrF2N2O3. The summed E-state index contributed by atoms with van der Waals surface area (Å²) in [5.41, 5.74) is -0.269. The standard InChI is InChI=1S/C24H17BrF2N2O3/c1-24(13-28,14-32-21-12-20(27)19(26)11-18(21)25)29-23(31)17-9-7-16(8-10-17)22(30)15-5-3-2-4-6-15/h2-12H,14H2,1H3,(H,29,31). The molecule has 0 saturated carbocycles. The van der Waals surface area contributed by atoms with Crippen LogP contribution in [-0.4, -0.2) is 23.8 Å². The summed E-state index contributed by atoms with van der Waals surface area (Å²) in [4.78, 5) is 25.1. The summed E-state index contributed by atoms with van der Waals surface area (Å²) in [6, 6.07) is 18.5. The van der Waals surface area contributed by atoms with Crippen molar-refractivity contribution in [3.8, 4) is 11.8 Å². The van der Waals surface area contributed by atoms with E-state index < -0.39 is 23.1 Å². The Morgan fingerprint density at radius 3 is 2.19 bits per heavy atom. The fourth-order valence-electron chi connectivity index (χ4n) is 2.79. The van der Waals surface area contributed by atoms with Crippen LogP contribution >= 0.6 is 15.9 Å². The van der Waals surface area contributed by atoms with Gasteiger partial charge in [-0.2, -0.15) is 5.26 Å². The number of benzene rings is 3. The van der Waals surface area contributed by atoms with Gasteiger partial charge in [0.2, 0.25) is 0 Å². The third kappa shape index (κ3) is 5.37. The van der Waals surface area contributed by atoms with Crippen molar-refractivity contribution in [3.05, 3.63) is 99.5 Å². The number of halogens is 3. The molecule has 32 heavy (non-hydrogen) atoms. The molecule has 5 nitrogen and oxygen atoms in total. The van der Waals surface area contributed by atoms with E-state index in [0.29, 0.717) is 11.1 Å². The Balaban J connectivity index is 1.68. The first-order valence-electron chi connectivity index (χ1n) is 9.43. The van der Waals surface area contributed by atoms with Gasteiger partial charge in [-0.25, -0.2) is 8.78 Å². The monoisotopic (exact) mass is 498 g/mol. The van der Waals surface area contributed by atoms with Crippen molar-refractivity contribution in [3.63, 3.8) is 0 Å². The number of nitrogens with zero attached hydrogens (tertiary/aromatic N) is 1. The minimum Gasteiger partial charge on any atom is -0.489 e. The van der Waals surface area contributed by atoms with Gasteiger partial charge in [0.25, 0.3) is 5.91 Å². The molecule has 0 bridgehead atoms. The van der Waals surface area contributed by atoms with Gasteiger partial charge in [0.05, 0.1) is 10.5 Å². The van der Waals surface area contributed by atoms with Gasteiger partial charge in [-0.1, -0.05) is 42.5 Å². The molecule has 3 rings (SSSR count). The van der Waals surface area contributed by atoms with Gasteiger partial charge in [-0.3, -0.25) is 9.59 Å². The van der Waals surface area contributed by atoms with Crippen LogP contribution in [0, 0.1) is 23.0 Å². The number of rotatable bonds is 7. The van der Waals surface area contributed by atoms with Crippen LogP contribution in [0.25, 0.3) is 0 Å². The van der Waals surface area contributed by atoms with Crippen LogP contribution in [0.4, 0.5) is 8.78 Å². The summed E-state index contributed by atoms with van der Waals surface area (Å²) in [6.07, 6.45) is 0. The molecule has 0 heterocycles. The molecule has 1 unspecified atom stereocenters. The molecule has 0 aliphatic carbocycles. The highest BCUT2D eigenvalue weighted by Gasteiger charge is 2.28. The topological polar surface area (TPSA) is 79.2 Å². The van der Waals surface area contributed by atoms with Crippen molar-refractivity contribution < 1.29 is 23.1 Å². The zero-order chi connectivity index (χ0) is 23.3. The molecule has 0 fully saturated rings. The molecule has 1 N–H and O–H groups in total. The maximum absolute atomic E-state index is 13.5. The molecule has 1 atom stereocenters. The van der Waals surface area contributed by atoms with Crippen LogP contribution < -0.4 is 10.1 Å². The van der Waals surface area contributed by atoms with Crippen molar-refractivity contribution in [1.29, 1.82) is 5.26 Å². The minimum absolute atomic E-state index is 0.0107. The van der Waals surface area contributed by atoms with Gasteiger partial charge in [-0.15, -0.1) is 0 Å². The maximum atomic E-state index is 13.5. The summed E-state index contributed by atoms with van der Waals surface area (Å²) >= 11 is 3.06. The first-order chi connectivity index (χ1) is 15.2. The average Bonchev–Trinajstić information content (AvgIpc) is 2.80. The fourth-order valence-corrected chi connectivity index (χ4v) is 3.22. The highest BCUT2D eigenvalue weighted by atomic mass is 79.9. The van der Waals surface area contributed by atoms with Crippen LogP contribution in [0.3, 0.4) is 0 Å². The third-order valence-electron chi connectivity index (χ3n) is 4.57. The molecular weight excluding hydrogens is 482 g/mol. The van der Waals surface area contributed by atoms with E-state index >= 15 is 0 Å². The minimum atomic E-state index is -1.46. The van der Waals surface area contributed by atoms with E-state index in [-0.39, 0.29) is 28.2 Å². The predicted octanol–water partition coefficient (Wildman–Crippen LogP) is 5.05. The maximum Gasteiger partial charge on any atom is 0.252 e. The van der Waals surface area contributed by atoms with Crippen LogP contribution in [0.5, 0.6) is 5.75 Å². The molecule has 0 spiro atoms. The third-order valence-corrected chi connectivity index (χ3v) is 5.19. The normalized spacial score (nSPS) is 12.3. The Bertz CT molecular complexity index is 1190. The second kappa shape index (κ2) is 9.71. The van der Waals surface area contributed by atoms with Gasteiger partial charge in [-0.05, 0) is 41.1 Å². The van der Waals surface area contributed by atoms with E-state index in [2.05, 4.69) is 21.2 Å². The van der Waals surface area contributed by atoms with E-state index in [4.69, 9.17) is 4.74 Å². The van der Waals surface area contributed by atoms with E-state index in [1.165, 1.54) is 31.2 Å². The van der Waals surface area contributed by atoms with Gasteiger partial charge >= 0.3 is 0 Å². The highest BCUT2D eigenvalue weighted by Crippen LogP contribution is 2.28. The van der Waals surface area contributed by atoms with Gasteiger partial charge in [0.15, 0.2) is 23.0 Å². The Labute approximate surface area is 191 Å². The summed E-state index contributed by atoms with van der Waals surface area (Å²) in [7, 11) is 0. The second-order valence-electron chi connectivity index (χ2n) is 7.16. The molecule has 0 saturated heterocycles. The number of amides is 1. The lowest BCUT2D eigenvalue weighted by molar-refractivity contribution is 0.0900. The Hall–Kier alpha value is -3.57. The Morgan fingerprint density at radius 2 is 1.56 bits per heavy atom. The van der Waals surface area contributed by atoms with Crippen LogP contribution in [-0.2, 0) is 0 Å². The second-order valence-corrected chi connectivity index (χ2v) is 8.01. The molecule has 8 heteroatoms. The van der Waals surface area contributed by atoms with Crippen molar-refractivity contribution in [1.82, 2.24) is 5.32 Å². The lowest BCUT2D eigenvalue weighted by atomic mass is 10.0. The molecule has 162 valence electrons. The molecule has 0 aliphatic heterocycles. The highest BCUT2D eigenvalue weighted by molar-refractivity contribution is 9.10. The molecule has 3 aromatic carbocycles. The molecule has 3 aromatic rings. The molecule has 0 aromatic heterocycles. The number of ether oxygens (including phenoxy) is 1. The molecule has 0 radical (unpaired) electrons. The zero-order valence-electron chi connectivity index (χ0n) is 16.9. The number of hydrogen-bond donors (Lipinski definition) is 1. The lowest BCUT2D eigenvalue weighted by Crippen LogP contribution is -2.49. The Kier molecular flexibility index (Phi) is 7.01. The van der Waals surface area contributed by atoms with Crippen molar-refractivity contribution in [2.45, 2.75) is 12.5 Å². The smallest absolute Gasteiger partial charge is 0.252 e. The van der Waals surface area contributed by atoms with Gasteiger partial charge in [0.1, 0.15) is 12.4 Å². The zero-order valence-corrected chi connectivity index (χ0v) is 18.4. The summed E-state index contributed by atoms with van der Waals surface area (Å²) in [5, 5.41) is 12.1. The Morgan fingerprint density at radius 1 is 1.00 bits per heavy atom. The van der Waals surface area contributed by atoms with E-state index in [0.717, 1.165) is 12.1 Å². The first-order valence-corrected chi connectivity index (χ1v) is 10.2. The number of nitrogens with one attached hydrogen (secondary N) is 1. The number of nitriles is 1. The predicted molar refractivity (Wildman–Crippen MR) is 117 cm³/mol. The van der Waals surface area contributed by atoms with Crippen LogP contribution in [0.15, 0.2) is 71.2 Å². The fraction of sp³-hybridized carbons (Fsp3) is 0.125. The molecule has 1 amide bonds. The van der Waals surface area contributed by atoms with Crippen molar-refractivity contribution in [2.75, 3.05) is 6.61 Å². The summed E-state index contributed by atoms with van der Waals surface area (Å²) < 4.78 is 32.3. The summed E-state index contributed by atoms with van der Waals surface area (Å²) in [5.74, 6) is -2.89.